The SMILES string of the molecule is CCCCC/C=C\C/C=C\C/C=C\C/C=C\CCCCCCCC(=O)NC(COP(=O)([O-])OCC[N+](C)(C)C)C(/C=C/CCCCCCCCCCC)OC(=O)CCCCCCCCCCC/C=C/CCCCCCCC. The monoisotopic (exact) mass is 1100 g/mol. The fraction of sp³-hybridized carbons (Fsp3) is 0.791. The maximum atomic E-state index is 13.5. The number of rotatable bonds is 58. The van der Waals surface area contributed by atoms with Gasteiger partial charge in [-0.3, -0.25) is 14.2 Å². The summed E-state index contributed by atoms with van der Waals surface area (Å²) < 4.78 is 30.3. The quantitative estimate of drug-likeness (QED) is 0.0212. The Hall–Kier alpha value is -2.55. The second-order valence-electron chi connectivity index (χ2n) is 22.9. The van der Waals surface area contributed by atoms with Crippen LogP contribution >= 0.6 is 7.82 Å². The molecule has 3 atom stereocenters. The van der Waals surface area contributed by atoms with Crippen molar-refractivity contribution in [2.24, 2.45) is 0 Å². The van der Waals surface area contributed by atoms with Gasteiger partial charge in [-0.25, -0.2) is 0 Å². The van der Waals surface area contributed by atoms with Gasteiger partial charge >= 0.3 is 5.97 Å². The summed E-state index contributed by atoms with van der Waals surface area (Å²) >= 11 is 0. The minimum atomic E-state index is -4.71. The van der Waals surface area contributed by atoms with Gasteiger partial charge in [-0.2, -0.15) is 0 Å². The van der Waals surface area contributed by atoms with Crippen LogP contribution in [0.3, 0.4) is 0 Å². The van der Waals surface area contributed by atoms with E-state index in [1.807, 2.05) is 33.3 Å². The van der Waals surface area contributed by atoms with E-state index in [0.717, 1.165) is 89.9 Å². The van der Waals surface area contributed by atoms with E-state index < -0.39 is 26.6 Å². The molecule has 10 heteroatoms. The number of nitrogens with one attached hydrogen (secondary N) is 1. The third-order valence-corrected chi connectivity index (χ3v) is 15.1. The molecular weight excluding hydrogens is 976 g/mol. The number of phosphoric ester groups is 1. The molecule has 0 aromatic heterocycles. The van der Waals surface area contributed by atoms with Crippen LogP contribution in [0.5, 0.6) is 0 Å². The standard InChI is InChI=1S/C67H123N2O7P/c1-7-10-13-16-19-22-25-27-29-31-33-34-36-37-39-41-44-47-50-53-56-59-66(70)68-64(63-75-77(72,73)74-62-61-69(4,5)6)65(58-55-52-49-46-43-24-21-18-15-12-9-3)76-67(71)60-57-54-51-48-45-42-40-38-35-32-30-28-26-23-20-17-14-11-8-2/h19,22,27-30,33-34,37,39,55,58,64-65H,7-18,20-21,23-26,31-32,35-36,38,40-54,56-57,59-63H2,1-6H3,(H-,68,70,72,73)/b22-19-,29-27-,30-28+,34-33-,39-37-,58-55+. The lowest BCUT2D eigenvalue weighted by atomic mass is 10.0. The highest BCUT2D eigenvalue weighted by Crippen LogP contribution is 2.38. The molecule has 0 saturated carbocycles. The van der Waals surface area contributed by atoms with Crippen molar-refractivity contribution in [2.75, 3.05) is 40.9 Å². The summed E-state index contributed by atoms with van der Waals surface area (Å²) in [5, 5.41) is 3.02. The minimum absolute atomic E-state index is 0.0286. The predicted molar refractivity (Wildman–Crippen MR) is 330 cm³/mol. The Balaban J connectivity index is 5.22. The molecular formula is C67H123N2O7P. The highest BCUT2D eigenvalue weighted by Gasteiger charge is 2.27. The van der Waals surface area contributed by atoms with Gasteiger partial charge in [-0.05, 0) is 102 Å². The van der Waals surface area contributed by atoms with Gasteiger partial charge in [0.15, 0.2) is 0 Å². The van der Waals surface area contributed by atoms with Gasteiger partial charge < -0.3 is 28.5 Å². The first-order valence-electron chi connectivity index (χ1n) is 32.2. The molecule has 1 N–H and O–H groups in total. The molecule has 0 saturated heterocycles. The molecule has 0 aliphatic rings. The second-order valence-corrected chi connectivity index (χ2v) is 24.3. The Morgan fingerprint density at radius 2 is 0.792 bits per heavy atom. The van der Waals surface area contributed by atoms with E-state index in [-0.39, 0.29) is 24.9 Å². The van der Waals surface area contributed by atoms with E-state index in [4.69, 9.17) is 13.8 Å². The van der Waals surface area contributed by atoms with Crippen LogP contribution in [0.25, 0.3) is 0 Å². The number of likely N-dealkylation sites (N-methyl/N-ethyl adjacent to an activating group) is 1. The third kappa shape index (κ3) is 57.9. The summed E-state index contributed by atoms with van der Waals surface area (Å²) in [6, 6.07) is -0.901. The largest absolute Gasteiger partial charge is 0.756 e. The smallest absolute Gasteiger partial charge is 0.306 e. The molecule has 0 aliphatic heterocycles. The van der Waals surface area contributed by atoms with Crippen molar-refractivity contribution in [1.82, 2.24) is 5.32 Å². The molecule has 0 spiro atoms. The lowest BCUT2D eigenvalue weighted by molar-refractivity contribution is -0.870. The first kappa shape index (κ1) is 74.5. The summed E-state index contributed by atoms with van der Waals surface area (Å²) in [6.45, 7) is 6.80. The molecule has 0 aromatic carbocycles. The van der Waals surface area contributed by atoms with Crippen LogP contribution in [0.1, 0.15) is 290 Å². The van der Waals surface area contributed by atoms with E-state index in [2.05, 4.69) is 86.8 Å². The summed E-state index contributed by atoms with van der Waals surface area (Å²) in [7, 11) is 1.17. The van der Waals surface area contributed by atoms with Crippen molar-refractivity contribution in [2.45, 2.75) is 303 Å². The molecule has 0 bridgehead atoms. The Morgan fingerprint density at radius 3 is 1.22 bits per heavy atom. The van der Waals surface area contributed by atoms with Crippen molar-refractivity contribution in [3.05, 3.63) is 72.9 Å². The normalized spacial score (nSPS) is 14.1. The van der Waals surface area contributed by atoms with Crippen LogP contribution < -0.4 is 10.2 Å². The van der Waals surface area contributed by atoms with E-state index in [1.165, 1.54) is 161 Å². The predicted octanol–water partition coefficient (Wildman–Crippen LogP) is 19.4. The molecule has 448 valence electrons. The zero-order valence-corrected chi connectivity index (χ0v) is 52.0. The first-order chi connectivity index (χ1) is 37.4. The van der Waals surface area contributed by atoms with E-state index in [9.17, 15) is 19.0 Å². The Kier molecular flexibility index (Phi) is 54.8. The van der Waals surface area contributed by atoms with Crippen LogP contribution in [0.4, 0.5) is 0 Å². The third-order valence-electron chi connectivity index (χ3n) is 14.1. The van der Waals surface area contributed by atoms with Crippen LogP contribution in [0.15, 0.2) is 72.9 Å². The summed E-state index contributed by atoms with van der Waals surface area (Å²) in [4.78, 5) is 40.0. The lowest BCUT2D eigenvalue weighted by Crippen LogP contribution is -2.47. The number of nitrogens with zero attached hydrogens (tertiary/aromatic N) is 1. The number of hydrogen-bond acceptors (Lipinski definition) is 7. The van der Waals surface area contributed by atoms with Gasteiger partial charge in [0.05, 0.1) is 33.8 Å². The Morgan fingerprint density at radius 1 is 0.455 bits per heavy atom. The Labute approximate surface area is 476 Å². The zero-order valence-electron chi connectivity index (χ0n) is 51.2. The van der Waals surface area contributed by atoms with Crippen molar-refractivity contribution in [3.63, 3.8) is 0 Å². The number of quaternary nitrogens is 1. The van der Waals surface area contributed by atoms with Gasteiger partial charge in [-0.15, -0.1) is 0 Å². The zero-order chi connectivity index (χ0) is 56.4. The van der Waals surface area contributed by atoms with Gasteiger partial charge in [0.1, 0.15) is 19.3 Å². The molecule has 0 radical (unpaired) electrons. The molecule has 0 aliphatic carbocycles. The number of phosphoric acid groups is 1. The first-order valence-corrected chi connectivity index (χ1v) is 33.7. The molecule has 0 fully saturated rings. The molecule has 77 heavy (non-hydrogen) atoms. The fourth-order valence-electron chi connectivity index (χ4n) is 9.09. The van der Waals surface area contributed by atoms with E-state index in [1.54, 1.807) is 0 Å². The maximum Gasteiger partial charge on any atom is 0.306 e. The van der Waals surface area contributed by atoms with Crippen molar-refractivity contribution in [3.8, 4) is 0 Å². The number of hydrogen-bond donors (Lipinski definition) is 1. The van der Waals surface area contributed by atoms with Crippen LogP contribution in [0.2, 0.25) is 0 Å². The summed E-state index contributed by atoms with van der Waals surface area (Å²) in [5.74, 6) is -0.561. The molecule has 0 rings (SSSR count). The minimum Gasteiger partial charge on any atom is -0.756 e. The van der Waals surface area contributed by atoms with Gasteiger partial charge in [0, 0.05) is 12.8 Å². The summed E-state index contributed by atoms with van der Waals surface area (Å²) in [5.41, 5.74) is 0. The lowest BCUT2D eigenvalue weighted by Gasteiger charge is -2.30. The maximum absolute atomic E-state index is 13.5. The van der Waals surface area contributed by atoms with Crippen molar-refractivity contribution in [1.29, 1.82) is 0 Å². The van der Waals surface area contributed by atoms with Crippen LogP contribution in [-0.4, -0.2) is 69.4 Å². The topological polar surface area (TPSA) is 114 Å². The molecule has 3 unspecified atom stereocenters. The number of ether oxygens (including phenoxy) is 1. The number of carbonyl (C=O) groups excluding carboxylic acids is 2. The summed E-state index contributed by atoms with van der Waals surface area (Å²) in [6.07, 6.45) is 72.9. The van der Waals surface area contributed by atoms with Gasteiger partial charge in [0.25, 0.3) is 7.82 Å². The highest BCUT2D eigenvalue weighted by molar-refractivity contribution is 7.45. The fourth-order valence-corrected chi connectivity index (χ4v) is 9.81. The molecule has 0 aromatic rings. The Bertz CT molecular complexity index is 1550. The molecule has 9 nitrogen and oxygen atoms in total. The second kappa shape index (κ2) is 56.7. The molecule has 1 amide bonds. The molecule has 0 heterocycles. The number of esters is 1. The highest BCUT2D eigenvalue weighted by atomic mass is 31.2. The number of carbonyl (C=O) groups is 2. The van der Waals surface area contributed by atoms with Crippen molar-refractivity contribution >= 4 is 19.7 Å². The number of allylic oxidation sites excluding steroid dienone is 11. The van der Waals surface area contributed by atoms with E-state index >= 15 is 0 Å². The average Bonchev–Trinajstić information content (AvgIpc) is 3.39. The van der Waals surface area contributed by atoms with Crippen molar-refractivity contribution < 1.29 is 37.3 Å². The van der Waals surface area contributed by atoms with E-state index in [0.29, 0.717) is 23.9 Å². The van der Waals surface area contributed by atoms with Crippen LogP contribution in [-0.2, 0) is 27.9 Å². The number of amides is 1. The van der Waals surface area contributed by atoms with Gasteiger partial charge in [0.2, 0.25) is 5.91 Å². The van der Waals surface area contributed by atoms with Crippen LogP contribution in [0, 0.1) is 0 Å². The van der Waals surface area contributed by atoms with Gasteiger partial charge in [-0.1, -0.05) is 248 Å². The number of unbranched alkanes of at least 4 members (excludes halogenated alkanes) is 32. The average molecular weight is 1100 g/mol.